The van der Waals surface area contributed by atoms with Crippen LogP contribution in [0.25, 0.3) is 11.3 Å². The number of benzene rings is 1. The zero-order valence-electron chi connectivity index (χ0n) is 17.7. The zero-order valence-corrected chi connectivity index (χ0v) is 17.7. The number of nitrogens with zero attached hydrogens (tertiary/aromatic N) is 1. The number of pyridine rings is 1. The molecule has 0 aliphatic carbocycles. The number of aliphatic hydroxyl groups is 2. The van der Waals surface area contributed by atoms with Crippen LogP contribution in [0.3, 0.4) is 0 Å². The number of aliphatic hydroxyl groups excluding tert-OH is 1. The van der Waals surface area contributed by atoms with Gasteiger partial charge in [0, 0.05) is 11.1 Å². The Morgan fingerprint density at radius 2 is 1.93 bits per heavy atom. The van der Waals surface area contributed by atoms with Crippen molar-refractivity contribution in [1.29, 1.82) is 0 Å². The van der Waals surface area contributed by atoms with E-state index in [4.69, 9.17) is 9.47 Å². The maximum atomic E-state index is 13.4. The van der Waals surface area contributed by atoms with Gasteiger partial charge in [0.15, 0.2) is 5.75 Å². The fraction of sp³-hybridized carbons (Fsp3) is 0.455. The van der Waals surface area contributed by atoms with E-state index < -0.39 is 35.3 Å². The maximum absolute atomic E-state index is 13.4. The van der Waals surface area contributed by atoms with Crippen molar-refractivity contribution >= 4 is 6.09 Å². The highest BCUT2D eigenvalue weighted by Gasteiger charge is 2.42. The molecule has 7 nitrogen and oxygen atoms in total. The minimum atomic E-state index is -1.63. The number of aromatic nitrogens is 1. The normalized spacial score (nSPS) is 20.1. The van der Waals surface area contributed by atoms with Gasteiger partial charge in [-0.05, 0) is 65.0 Å². The number of carbonyl (C=O) groups is 1. The van der Waals surface area contributed by atoms with Gasteiger partial charge in [-0.1, -0.05) is 0 Å². The van der Waals surface area contributed by atoms with Gasteiger partial charge in [0.2, 0.25) is 0 Å². The first-order valence-electron chi connectivity index (χ1n) is 9.64. The Bertz CT molecular complexity index is 953. The second-order valence-corrected chi connectivity index (χ2v) is 8.92. The summed E-state index contributed by atoms with van der Waals surface area (Å²) in [5.41, 5.74) is -1.53. The molecule has 1 aromatic heterocycles. The van der Waals surface area contributed by atoms with Gasteiger partial charge in [0.1, 0.15) is 34.9 Å². The lowest BCUT2D eigenvalue weighted by Gasteiger charge is -2.28. The topological polar surface area (TPSA) is 101 Å². The van der Waals surface area contributed by atoms with E-state index in [1.165, 1.54) is 19.1 Å². The third-order valence-corrected chi connectivity index (χ3v) is 4.83. The van der Waals surface area contributed by atoms with Crippen molar-refractivity contribution < 1.29 is 28.9 Å². The number of halogens is 1. The molecule has 2 atom stereocenters. The highest BCUT2D eigenvalue weighted by atomic mass is 19.1. The van der Waals surface area contributed by atoms with Crippen LogP contribution in [0.5, 0.6) is 5.75 Å². The van der Waals surface area contributed by atoms with E-state index in [-0.39, 0.29) is 12.3 Å². The number of hydrogen-bond acceptors (Lipinski definition) is 6. The molecule has 1 aliphatic heterocycles. The van der Waals surface area contributed by atoms with Crippen molar-refractivity contribution in [3.63, 3.8) is 0 Å². The predicted octanol–water partition coefficient (Wildman–Crippen LogP) is 3.22. The third kappa shape index (κ3) is 4.39. The third-order valence-electron chi connectivity index (χ3n) is 4.83. The maximum Gasteiger partial charge on any atom is 0.408 e. The lowest BCUT2D eigenvalue weighted by Crippen LogP contribution is -2.47. The molecule has 3 N–H and O–H groups in total. The average Bonchev–Trinajstić information content (AvgIpc) is 2.96. The van der Waals surface area contributed by atoms with Gasteiger partial charge in [-0.2, -0.15) is 0 Å². The van der Waals surface area contributed by atoms with Gasteiger partial charge < -0.3 is 25.0 Å². The first-order valence-corrected chi connectivity index (χ1v) is 9.64. The second-order valence-electron chi connectivity index (χ2n) is 8.92. The Balaban J connectivity index is 2.11. The van der Waals surface area contributed by atoms with Crippen LogP contribution in [0.1, 0.15) is 45.9 Å². The Morgan fingerprint density at radius 1 is 1.30 bits per heavy atom. The average molecular weight is 418 g/mol. The van der Waals surface area contributed by atoms with Crippen LogP contribution in [-0.2, 0) is 15.9 Å². The molecule has 1 aromatic carbocycles. The molecule has 2 heterocycles. The van der Waals surface area contributed by atoms with Crippen molar-refractivity contribution in [3.05, 3.63) is 47.4 Å². The summed E-state index contributed by atoms with van der Waals surface area (Å²) in [6, 6.07) is 7.30. The second kappa shape index (κ2) is 7.52. The number of amides is 1. The molecule has 8 heteroatoms. The van der Waals surface area contributed by atoms with Gasteiger partial charge in [0.25, 0.3) is 0 Å². The Kier molecular flexibility index (Phi) is 5.51. The van der Waals surface area contributed by atoms with E-state index >= 15 is 0 Å². The first kappa shape index (κ1) is 22.0. The minimum absolute atomic E-state index is 0.113. The Hall–Kier alpha value is -2.71. The molecule has 0 radical (unpaired) electrons. The standard InChI is InChI=1S/C22H27FN2O5/c1-20(2,3)30-19(27)25-21(4)12-29-18-15(21)10-16(22(5,28)11-26)24-17(18)13-6-8-14(23)9-7-13/h6-10,26,28H,11-12H2,1-5H3,(H,25,27)/t21-,22+/m1/s1. The molecule has 162 valence electrons. The fourth-order valence-corrected chi connectivity index (χ4v) is 3.18. The zero-order chi connectivity index (χ0) is 22.3. The van der Waals surface area contributed by atoms with Crippen LogP contribution in [0.2, 0.25) is 0 Å². The molecule has 0 bridgehead atoms. The van der Waals surface area contributed by atoms with Crippen molar-refractivity contribution in [3.8, 4) is 17.0 Å². The molecule has 30 heavy (non-hydrogen) atoms. The molecule has 0 fully saturated rings. The monoisotopic (exact) mass is 418 g/mol. The van der Waals surface area contributed by atoms with E-state index in [1.807, 2.05) is 0 Å². The number of hydrogen-bond donors (Lipinski definition) is 3. The van der Waals surface area contributed by atoms with Crippen molar-refractivity contribution in [2.45, 2.75) is 51.4 Å². The number of fused-ring (bicyclic) bond motifs is 1. The molecule has 1 amide bonds. The lowest BCUT2D eigenvalue weighted by atomic mass is 9.90. The van der Waals surface area contributed by atoms with Crippen LogP contribution >= 0.6 is 0 Å². The summed E-state index contributed by atoms with van der Waals surface area (Å²) in [4.78, 5) is 16.9. The highest BCUT2D eigenvalue weighted by Crippen LogP contribution is 2.44. The fourth-order valence-electron chi connectivity index (χ4n) is 3.18. The van der Waals surface area contributed by atoms with Crippen LogP contribution in [0.15, 0.2) is 30.3 Å². The molecule has 1 aliphatic rings. The molecule has 2 aromatic rings. The summed E-state index contributed by atoms with van der Waals surface area (Å²) in [7, 11) is 0. The molecular formula is C22H27FN2O5. The van der Waals surface area contributed by atoms with Crippen LogP contribution in [0.4, 0.5) is 9.18 Å². The van der Waals surface area contributed by atoms with E-state index in [9.17, 15) is 19.4 Å². The van der Waals surface area contributed by atoms with E-state index in [0.717, 1.165) is 0 Å². The minimum Gasteiger partial charge on any atom is -0.488 e. The largest absolute Gasteiger partial charge is 0.488 e. The summed E-state index contributed by atoms with van der Waals surface area (Å²) in [5.74, 6) is 0.0175. The van der Waals surface area contributed by atoms with E-state index in [0.29, 0.717) is 22.6 Å². The number of carbonyl (C=O) groups excluding carboxylic acids is 1. The summed E-state index contributed by atoms with van der Waals surface area (Å²) in [5, 5.41) is 23.1. The van der Waals surface area contributed by atoms with Crippen molar-refractivity contribution in [2.75, 3.05) is 13.2 Å². The van der Waals surface area contributed by atoms with Gasteiger partial charge in [-0.25, -0.2) is 14.2 Å². The Labute approximate surface area is 174 Å². The van der Waals surface area contributed by atoms with Gasteiger partial charge in [-0.3, -0.25) is 0 Å². The molecule has 3 rings (SSSR count). The summed E-state index contributed by atoms with van der Waals surface area (Å²) in [6.45, 7) is 8.06. The van der Waals surface area contributed by atoms with Crippen LogP contribution in [0, 0.1) is 5.82 Å². The molecule has 0 spiro atoms. The molecule has 0 unspecified atom stereocenters. The van der Waals surface area contributed by atoms with E-state index in [2.05, 4.69) is 10.3 Å². The predicted molar refractivity (Wildman–Crippen MR) is 109 cm³/mol. The first-order chi connectivity index (χ1) is 13.8. The summed E-state index contributed by atoms with van der Waals surface area (Å²) >= 11 is 0. The van der Waals surface area contributed by atoms with Crippen molar-refractivity contribution in [2.24, 2.45) is 0 Å². The lowest BCUT2D eigenvalue weighted by molar-refractivity contribution is -0.00587. The molecule has 0 saturated heterocycles. The number of alkyl carbamates (subject to hydrolysis) is 1. The van der Waals surface area contributed by atoms with Crippen molar-refractivity contribution in [1.82, 2.24) is 10.3 Å². The Morgan fingerprint density at radius 3 is 2.50 bits per heavy atom. The van der Waals surface area contributed by atoms with Crippen LogP contribution in [-0.4, -0.2) is 40.1 Å². The SMILES string of the molecule is CC(C)(C)OC(=O)N[C@]1(C)COc2c1cc([C@@](C)(O)CO)nc2-c1ccc(F)cc1. The number of nitrogens with one attached hydrogen (secondary N) is 1. The van der Waals surface area contributed by atoms with Gasteiger partial charge >= 0.3 is 6.09 Å². The van der Waals surface area contributed by atoms with Gasteiger partial charge in [0.05, 0.1) is 12.3 Å². The van der Waals surface area contributed by atoms with E-state index in [1.54, 1.807) is 45.9 Å². The van der Waals surface area contributed by atoms with Crippen LogP contribution < -0.4 is 10.1 Å². The summed E-state index contributed by atoms with van der Waals surface area (Å²) in [6.07, 6.45) is -0.614. The molecular weight excluding hydrogens is 391 g/mol. The highest BCUT2D eigenvalue weighted by molar-refractivity contribution is 5.74. The summed E-state index contributed by atoms with van der Waals surface area (Å²) < 4.78 is 24.7. The smallest absolute Gasteiger partial charge is 0.408 e. The number of ether oxygens (including phenoxy) is 2. The van der Waals surface area contributed by atoms with Gasteiger partial charge in [-0.15, -0.1) is 0 Å². The molecule has 0 saturated carbocycles. The number of rotatable bonds is 4. The quantitative estimate of drug-likeness (QED) is 0.705.